The maximum Gasteiger partial charge on any atom is 0.316 e. The minimum Gasteiger partial charge on any atom is -0.468 e. The molecule has 22 heavy (non-hydrogen) atoms. The van der Waals surface area contributed by atoms with Crippen LogP contribution in [0, 0.1) is 5.92 Å². The maximum atomic E-state index is 12.6. The van der Waals surface area contributed by atoms with Crippen LogP contribution in [0.15, 0.2) is 48.5 Å². The van der Waals surface area contributed by atoms with Crippen molar-refractivity contribution < 1.29 is 14.3 Å². The monoisotopic (exact) mass is 336 g/mol. The van der Waals surface area contributed by atoms with E-state index < -0.39 is 11.9 Å². The van der Waals surface area contributed by atoms with E-state index in [0.717, 1.165) is 5.56 Å². The smallest absolute Gasteiger partial charge is 0.316 e. The lowest BCUT2D eigenvalue weighted by Gasteiger charge is -2.14. The Morgan fingerprint density at radius 3 is 2.32 bits per heavy atom. The molecule has 3 nitrogen and oxygen atoms in total. The first kappa shape index (κ1) is 16.5. The van der Waals surface area contributed by atoms with E-state index in [-0.39, 0.29) is 17.2 Å². The number of hydrogen-bond acceptors (Lipinski definition) is 3. The minimum absolute atomic E-state index is 0.270. The molecule has 0 aliphatic carbocycles. The Hall–Kier alpha value is -1.84. The summed E-state index contributed by atoms with van der Waals surface area (Å²) < 4.78 is 4.76. The second-order valence-corrected chi connectivity index (χ2v) is 5.57. The fraction of sp³-hybridized carbons (Fsp3) is 0.176. The van der Waals surface area contributed by atoms with Gasteiger partial charge in [-0.1, -0.05) is 53.5 Å². The van der Waals surface area contributed by atoms with Crippen LogP contribution in [-0.2, 0) is 16.0 Å². The molecule has 2 aromatic carbocycles. The van der Waals surface area contributed by atoms with Gasteiger partial charge in [-0.3, -0.25) is 9.59 Å². The van der Waals surface area contributed by atoms with Gasteiger partial charge in [0.25, 0.3) is 0 Å². The second-order valence-electron chi connectivity index (χ2n) is 4.76. The number of benzene rings is 2. The molecule has 1 atom stereocenters. The molecule has 5 heteroatoms. The van der Waals surface area contributed by atoms with Gasteiger partial charge >= 0.3 is 5.97 Å². The third kappa shape index (κ3) is 3.87. The zero-order valence-electron chi connectivity index (χ0n) is 11.9. The van der Waals surface area contributed by atoms with Crippen LogP contribution < -0.4 is 0 Å². The summed E-state index contributed by atoms with van der Waals surface area (Å²) >= 11 is 11.8. The molecule has 0 saturated carbocycles. The highest BCUT2D eigenvalue weighted by Crippen LogP contribution is 2.25. The maximum absolute atomic E-state index is 12.6. The zero-order valence-corrected chi connectivity index (χ0v) is 13.4. The highest BCUT2D eigenvalue weighted by atomic mass is 35.5. The Bertz CT molecular complexity index is 684. The van der Waals surface area contributed by atoms with Gasteiger partial charge in [0, 0.05) is 5.56 Å². The molecular formula is C17H14Cl2O3. The van der Waals surface area contributed by atoms with Crippen molar-refractivity contribution in [3.8, 4) is 0 Å². The Morgan fingerprint density at radius 2 is 1.73 bits per heavy atom. The average Bonchev–Trinajstić information content (AvgIpc) is 2.55. The van der Waals surface area contributed by atoms with Crippen LogP contribution in [0.3, 0.4) is 0 Å². The van der Waals surface area contributed by atoms with E-state index in [2.05, 4.69) is 0 Å². The van der Waals surface area contributed by atoms with Gasteiger partial charge in [0.15, 0.2) is 5.78 Å². The molecule has 0 aromatic heterocycles. The summed E-state index contributed by atoms with van der Waals surface area (Å²) in [4.78, 5) is 24.6. The first-order chi connectivity index (χ1) is 10.5. The van der Waals surface area contributed by atoms with Crippen LogP contribution in [0.4, 0.5) is 0 Å². The quantitative estimate of drug-likeness (QED) is 0.466. The van der Waals surface area contributed by atoms with Gasteiger partial charge in [-0.15, -0.1) is 0 Å². The number of carbonyl (C=O) groups is 2. The number of Topliss-reactive ketones (excluding diaryl/α,β-unsaturated/α-hetero) is 1. The first-order valence-electron chi connectivity index (χ1n) is 6.64. The van der Waals surface area contributed by atoms with Gasteiger partial charge in [-0.2, -0.15) is 0 Å². The molecule has 0 heterocycles. The fourth-order valence-electron chi connectivity index (χ4n) is 2.13. The van der Waals surface area contributed by atoms with Gasteiger partial charge in [0.05, 0.1) is 17.2 Å². The Balaban J connectivity index is 2.30. The predicted octanol–water partition coefficient (Wildman–Crippen LogP) is 4.21. The fourth-order valence-corrected chi connectivity index (χ4v) is 2.42. The van der Waals surface area contributed by atoms with Crippen LogP contribution in [-0.4, -0.2) is 18.9 Å². The summed E-state index contributed by atoms with van der Waals surface area (Å²) in [5.74, 6) is -1.82. The molecule has 0 saturated heterocycles. The summed E-state index contributed by atoms with van der Waals surface area (Å²) in [6, 6.07) is 13.9. The number of ether oxygens (including phenoxy) is 1. The van der Waals surface area contributed by atoms with E-state index in [4.69, 9.17) is 27.9 Å². The van der Waals surface area contributed by atoms with Crippen molar-refractivity contribution in [1.82, 2.24) is 0 Å². The topological polar surface area (TPSA) is 43.4 Å². The molecule has 0 aliphatic rings. The number of rotatable bonds is 5. The van der Waals surface area contributed by atoms with Crippen molar-refractivity contribution in [3.63, 3.8) is 0 Å². The lowest BCUT2D eigenvalue weighted by atomic mass is 9.91. The Kier molecular flexibility index (Phi) is 5.58. The third-order valence-corrected chi connectivity index (χ3v) is 4.03. The number of halogens is 2. The van der Waals surface area contributed by atoms with Gasteiger partial charge < -0.3 is 4.74 Å². The molecule has 0 amide bonds. The normalized spacial score (nSPS) is 11.8. The zero-order chi connectivity index (χ0) is 16.1. The van der Waals surface area contributed by atoms with E-state index in [1.54, 1.807) is 6.07 Å². The van der Waals surface area contributed by atoms with E-state index in [0.29, 0.717) is 10.6 Å². The van der Waals surface area contributed by atoms with Gasteiger partial charge in [0.2, 0.25) is 0 Å². The van der Waals surface area contributed by atoms with Crippen LogP contribution in [0.25, 0.3) is 0 Å². The van der Waals surface area contributed by atoms with E-state index in [1.807, 2.05) is 30.3 Å². The van der Waals surface area contributed by atoms with Crippen LogP contribution in [0.1, 0.15) is 15.9 Å². The highest BCUT2D eigenvalue weighted by Gasteiger charge is 2.29. The molecule has 0 spiro atoms. The van der Waals surface area contributed by atoms with E-state index in [1.165, 1.54) is 19.2 Å². The van der Waals surface area contributed by atoms with Crippen molar-refractivity contribution in [3.05, 3.63) is 69.7 Å². The van der Waals surface area contributed by atoms with Crippen molar-refractivity contribution >= 4 is 35.0 Å². The lowest BCUT2D eigenvalue weighted by molar-refractivity contribution is -0.143. The summed E-state index contributed by atoms with van der Waals surface area (Å²) in [5, 5.41) is 0.631. The molecule has 0 aliphatic heterocycles. The minimum atomic E-state index is -0.912. The largest absolute Gasteiger partial charge is 0.468 e. The summed E-state index contributed by atoms with van der Waals surface area (Å²) in [6.07, 6.45) is 0.270. The average molecular weight is 337 g/mol. The molecular weight excluding hydrogens is 323 g/mol. The standard InChI is InChI=1S/C17H14Cl2O3/c1-22-17(21)13(9-11-5-3-2-4-6-11)16(20)12-7-8-14(18)15(19)10-12/h2-8,10,13H,9H2,1H3. The molecule has 2 rings (SSSR count). The van der Waals surface area contributed by atoms with Crippen LogP contribution in [0.5, 0.6) is 0 Å². The summed E-state index contributed by atoms with van der Waals surface area (Å²) in [7, 11) is 1.27. The number of carbonyl (C=O) groups excluding carboxylic acids is 2. The van der Waals surface area contributed by atoms with Gasteiger partial charge in [0.1, 0.15) is 5.92 Å². The predicted molar refractivity (Wildman–Crippen MR) is 86.4 cm³/mol. The molecule has 0 radical (unpaired) electrons. The van der Waals surface area contributed by atoms with Crippen molar-refractivity contribution in [2.75, 3.05) is 7.11 Å². The number of hydrogen-bond donors (Lipinski definition) is 0. The highest BCUT2D eigenvalue weighted by molar-refractivity contribution is 6.42. The molecule has 114 valence electrons. The van der Waals surface area contributed by atoms with Crippen molar-refractivity contribution in [2.24, 2.45) is 5.92 Å². The van der Waals surface area contributed by atoms with Crippen LogP contribution >= 0.6 is 23.2 Å². The van der Waals surface area contributed by atoms with Crippen molar-refractivity contribution in [2.45, 2.75) is 6.42 Å². The van der Waals surface area contributed by atoms with Gasteiger partial charge in [-0.25, -0.2) is 0 Å². The Labute approximate surface area is 138 Å². The number of esters is 1. The molecule has 0 bridgehead atoms. The SMILES string of the molecule is COC(=O)C(Cc1ccccc1)C(=O)c1ccc(Cl)c(Cl)c1. The lowest BCUT2D eigenvalue weighted by Crippen LogP contribution is -2.27. The number of ketones is 1. The number of methoxy groups -OCH3 is 1. The first-order valence-corrected chi connectivity index (χ1v) is 7.39. The summed E-state index contributed by atoms with van der Waals surface area (Å²) in [5.41, 5.74) is 1.21. The summed E-state index contributed by atoms with van der Waals surface area (Å²) in [6.45, 7) is 0. The van der Waals surface area contributed by atoms with Gasteiger partial charge in [-0.05, 0) is 30.2 Å². The van der Waals surface area contributed by atoms with Crippen LogP contribution in [0.2, 0.25) is 10.0 Å². The molecule has 0 fully saturated rings. The van der Waals surface area contributed by atoms with E-state index >= 15 is 0 Å². The molecule has 2 aromatic rings. The molecule has 1 unspecified atom stereocenters. The third-order valence-electron chi connectivity index (χ3n) is 3.29. The Morgan fingerprint density at radius 1 is 1.05 bits per heavy atom. The molecule has 0 N–H and O–H groups in total. The van der Waals surface area contributed by atoms with Crippen molar-refractivity contribution in [1.29, 1.82) is 0 Å². The van der Waals surface area contributed by atoms with E-state index in [9.17, 15) is 9.59 Å². The second kappa shape index (κ2) is 7.43.